The van der Waals surface area contributed by atoms with Crippen molar-refractivity contribution in [2.45, 2.75) is 13.5 Å². The van der Waals surface area contributed by atoms with Gasteiger partial charge in [-0.2, -0.15) is 4.98 Å². The summed E-state index contributed by atoms with van der Waals surface area (Å²) in [6.07, 6.45) is 3.30. The fourth-order valence-electron chi connectivity index (χ4n) is 2.54. The molecule has 0 spiro atoms. The van der Waals surface area contributed by atoms with Crippen LogP contribution < -0.4 is 5.32 Å². The minimum Gasteiger partial charge on any atom is -0.480 e. The van der Waals surface area contributed by atoms with E-state index in [2.05, 4.69) is 30.6 Å². The van der Waals surface area contributed by atoms with Crippen molar-refractivity contribution in [3.05, 3.63) is 45.7 Å². The largest absolute Gasteiger partial charge is 0.480 e. The molecule has 1 aromatic carbocycles. The van der Waals surface area contributed by atoms with Gasteiger partial charge in [0.05, 0.1) is 18.9 Å². The number of carboxylic acids is 1. The lowest BCUT2D eigenvalue weighted by Gasteiger charge is -2.06. The molecule has 0 unspecified atom stereocenters. The SMILES string of the molecule is Cc1c(Cl)cc(Cn2cc(-c3cnc4nc(NCC(=O)O)sc4n3)nn2)cc1Cl. The number of fused-ring (bicyclic) bond motifs is 1. The maximum atomic E-state index is 10.7. The van der Waals surface area contributed by atoms with Gasteiger partial charge in [-0.05, 0) is 30.2 Å². The molecule has 12 heteroatoms. The van der Waals surface area contributed by atoms with Crippen LogP contribution in [0.25, 0.3) is 21.9 Å². The second-order valence-electron chi connectivity index (χ2n) is 6.14. The Morgan fingerprint density at radius 2 is 2.00 bits per heavy atom. The molecular formula is C17H13Cl2N7O2S. The molecule has 0 aliphatic rings. The van der Waals surface area contributed by atoms with Crippen molar-refractivity contribution in [3.63, 3.8) is 0 Å². The van der Waals surface area contributed by atoms with Crippen molar-refractivity contribution in [2.24, 2.45) is 0 Å². The quantitative estimate of drug-likeness (QED) is 0.458. The number of carbonyl (C=O) groups is 1. The number of carboxylic acid groups (broad SMARTS) is 1. The summed E-state index contributed by atoms with van der Waals surface area (Å²) in [4.78, 5) is 24.2. The Bertz CT molecular complexity index is 1200. The number of aliphatic carboxylic acids is 1. The number of halogens is 2. The average Bonchev–Trinajstić information content (AvgIpc) is 3.30. The smallest absolute Gasteiger partial charge is 0.322 e. The maximum Gasteiger partial charge on any atom is 0.322 e. The lowest BCUT2D eigenvalue weighted by molar-refractivity contribution is -0.134. The van der Waals surface area contributed by atoms with Crippen LogP contribution in [0.4, 0.5) is 5.13 Å². The van der Waals surface area contributed by atoms with Crippen LogP contribution in [0.3, 0.4) is 0 Å². The first kappa shape index (κ1) is 19.5. The average molecular weight is 450 g/mol. The van der Waals surface area contributed by atoms with Gasteiger partial charge in [-0.25, -0.2) is 14.6 Å². The van der Waals surface area contributed by atoms with Gasteiger partial charge in [0.2, 0.25) is 0 Å². The molecule has 0 amide bonds. The summed E-state index contributed by atoms with van der Waals surface area (Å²) >= 11 is 13.6. The number of anilines is 1. The predicted molar refractivity (Wildman–Crippen MR) is 111 cm³/mol. The highest BCUT2D eigenvalue weighted by Crippen LogP contribution is 2.27. The summed E-state index contributed by atoms with van der Waals surface area (Å²) in [6, 6.07) is 3.69. The van der Waals surface area contributed by atoms with E-state index in [0.717, 1.165) is 11.1 Å². The molecule has 0 atom stereocenters. The standard InChI is InChI=1S/C17H13Cl2N7O2S/c1-8-10(18)2-9(3-11(8)19)6-26-7-13(24-25-26)12-4-20-15-16(22-12)29-17(23-15)21-5-14(27)28/h2-4,7H,5-6H2,1H3,(H,27,28)(H,20,21,23). The van der Waals surface area contributed by atoms with E-state index in [4.69, 9.17) is 28.3 Å². The zero-order valence-electron chi connectivity index (χ0n) is 14.9. The monoisotopic (exact) mass is 449 g/mol. The molecule has 0 bridgehead atoms. The number of rotatable bonds is 6. The van der Waals surface area contributed by atoms with Crippen molar-refractivity contribution >= 4 is 56.1 Å². The molecule has 4 rings (SSSR count). The molecule has 0 radical (unpaired) electrons. The lowest BCUT2D eigenvalue weighted by Crippen LogP contribution is -2.11. The van der Waals surface area contributed by atoms with Gasteiger partial charge in [-0.15, -0.1) is 5.10 Å². The number of thiazole rings is 1. The Labute approximate surface area is 178 Å². The molecule has 3 heterocycles. The number of benzene rings is 1. The van der Waals surface area contributed by atoms with Crippen molar-refractivity contribution in [3.8, 4) is 11.4 Å². The van der Waals surface area contributed by atoms with Crippen LogP contribution >= 0.6 is 34.5 Å². The first-order valence-electron chi connectivity index (χ1n) is 8.33. The molecular weight excluding hydrogens is 437 g/mol. The summed E-state index contributed by atoms with van der Waals surface area (Å²) in [6.45, 7) is 2.08. The Hall–Kier alpha value is -2.82. The molecule has 148 valence electrons. The van der Waals surface area contributed by atoms with E-state index < -0.39 is 5.97 Å². The van der Waals surface area contributed by atoms with Crippen LogP contribution in [0.5, 0.6) is 0 Å². The van der Waals surface area contributed by atoms with Crippen molar-refractivity contribution in [1.82, 2.24) is 29.9 Å². The number of hydrogen-bond donors (Lipinski definition) is 2. The summed E-state index contributed by atoms with van der Waals surface area (Å²) < 4.78 is 1.66. The van der Waals surface area contributed by atoms with Gasteiger partial charge in [0.25, 0.3) is 0 Å². The van der Waals surface area contributed by atoms with Gasteiger partial charge in [-0.1, -0.05) is 39.8 Å². The maximum absolute atomic E-state index is 10.7. The van der Waals surface area contributed by atoms with E-state index >= 15 is 0 Å². The summed E-state index contributed by atoms with van der Waals surface area (Å²) in [5.41, 5.74) is 3.26. The molecule has 2 N–H and O–H groups in total. The van der Waals surface area contributed by atoms with Gasteiger partial charge < -0.3 is 10.4 Å². The van der Waals surface area contributed by atoms with E-state index in [0.29, 0.717) is 43.6 Å². The van der Waals surface area contributed by atoms with E-state index in [1.807, 2.05) is 19.1 Å². The van der Waals surface area contributed by atoms with Gasteiger partial charge in [0, 0.05) is 10.0 Å². The number of nitrogens with one attached hydrogen (secondary N) is 1. The second-order valence-corrected chi connectivity index (χ2v) is 7.93. The second kappa shape index (κ2) is 7.90. The van der Waals surface area contributed by atoms with Crippen LogP contribution in [0, 0.1) is 6.92 Å². The molecule has 0 saturated heterocycles. The summed E-state index contributed by atoms with van der Waals surface area (Å²) in [5.74, 6) is -0.973. The molecule has 0 saturated carbocycles. The van der Waals surface area contributed by atoms with Crippen LogP contribution in [-0.4, -0.2) is 47.6 Å². The van der Waals surface area contributed by atoms with Crippen molar-refractivity contribution in [2.75, 3.05) is 11.9 Å². The molecule has 29 heavy (non-hydrogen) atoms. The molecule has 0 aliphatic heterocycles. The topological polar surface area (TPSA) is 119 Å². The van der Waals surface area contributed by atoms with Gasteiger partial charge in [0.1, 0.15) is 17.9 Å². The Balaban J connectivity index is 1.55. The fourth-order valence-corrected chi connectivity index (χ4v) is 3.87. The van der Waals surface area contributed by atoms with Gasteiger partial charge >= 0.3 is 5.97 Å². The van der Waals surface area contributed by atoms with Gasteiger partial charge in [0.15, 0.2) is 15.6 Å². The van der Waals surface area contributed by atoms with Gasteiger partial charge in [-0.3, -0.25) is 4.79 Å². The highest BCUT2D eigenvalue weighted by molar-refractivity contribution is 7.21. The number of aromatic nitrogens is 6. The minimum atomic E-state index is -0.973. The van der Waals surface area contributed by atoms with Crippen LogP contribution in [0.1, 0.15) is 11.1 Å². The third-order valence-corrected chi connectivity index (χ3v) is 5.68. The summed E-state index contributed by atoms with van der Waals surface area (Å²) in [5, 5.41) is 21.4. The zero-order chi connectivity index (χ0) is 20.5. The fraction of sp³-hybridized carbons (Fsp3) is 0.176. The Morgan fingerprint density at radius 1 is 1.24 bits per heavy atom. The molecule has 9 nitrogen and oxygen atoms in total. The van der Waals surface area contributed by atoms with E-state index in [-0.39, 0.29) is 6.54 Å². The van der Waals surface area contributed by atoms with E-state index in [9.17, 15) is 4.79 Å². The molecule has 0 aliphatic carbocycles. The highest BCUT2D eigenvalue weighted by Gasteiger charge is 2.12. The van der Waals surface area contributed by atoms with E-state index in [1.165, 1.54) is 11.3 Å². The van der Waals surface area contributed by atoms with Crippen molar-refractivity contribution < 1.29 is 9.90 Å². The molecule has 3 aromatic heterocycles. The molecule has 0 fully saturated rings. The van der Waals surface area contributed by atoms with E-state index in [1.54, 1.807) is 17.1 Å². The highest BCUT2D eigenvalue weighted by atomic mass is 35.5. The third-order valence-electron chi connectivity index (χ3n) is 4.00. The number of nitrogens with zero attached hydrogens (tertiary/aromatic N) is 6. The molecule has 4 aromatic rings. The summed E-state index contributed by atoms with van der Waals surface area (Å²) in [7, 11) is 0. The predicted octanol–water partition coefficient (Wildman–Crippen LogP) is 3.50. The minimum absolute atomic E-state index is 0.228. The van der Waals surface area contributed by atoms with Crippen LogP contribution in [0.15, 0.2) is 24.5 Å². The lowest BCUT2D eigenvalue weighted by atomic mass is 10.1. The van der Waals surface area contributed by atoms with Crippen LogP contribution in [0.2, 0.25) is 10.0 Å². The Morgan fingerprint density at radius 3 is 2.72 bits per heavy atom. The Kier molecular flexibility index (Phi) is 5.31. The first-order valence-corrected chi connectivity index (χ1v) is 9.90. The third kappa shape index (κ3) is 4.29. The normalized spacial score (nSPS) is 11.1. The number of hydrogen-bond acceptors (Lipinski definition) is 8. The van der Waals surface area contributed by atoms with Crippen LogP contribution in [-0.2, 0) is 11.3 Å². The zero-order valence-corrected chi connectivity index (χ0v) is 17.3. The first-order chi connectivity index (χ1) is 13.9. The van der Waals surface area contributed by atoms with Crippen molar-refractivity contribution in [1.29, 1.82) is 0 Å².